The zero-order chi connectivity index (χ0) is 14.0. The van der Waals surface area contributed by atoms with Gasteiger partial charge in [-0.1, -0.05) is 30.3 Å². The van der Waals surface area contributed by atoms with Gasteiger partial charge in [0.2, 0.25) is 0 Å². The SMILES string of the molecule is N#CC1(N)CCCC1CCSc1nc2ccccc2s1. The summed E-state index contributed by atoms with van der Waals surface area (Å²) in [6, 6.07) is 10.5. The molecule has 0 bridgehead atoms. The van der Waals surface area contributed by atoms with Crippen LogP contribution in [0.1, 0.15) is 25.7 Å². The fourth-order valence-corrected chi connectivity index (χ4v) is 5.04. The number of aromatic nitrogens is 1. The maximum Gasteiger partial charge on any atom is 0.151 e. The normalized spacial score (nSPS) is 25.9. The molecule has 1 heterocycles. The quantitative estimate of drug-likeness (QED) is 0.873. The van der Waals surface area contributed by atoms with Crippen LogP contribution < -0.4 is 5.73 Å². The van der Waals surface area contributed by atoms with Crippen molar-refractivity contribution in [3.05, 3.63) is 24.3 Å². The van der Waals surface area contributed by atoms with Crippen LogP contribution in [0, 0.1) is 17.2 Å². The fraction of sp³-hybridized carbons (Fsp3) is 0.467. The van der Waals surface area contributed by atoms with Crippen molar-refractivity contribution >= 4 is 33.3 Å². The van der Waals surface area contributed by atoms with Gasteiger partial charge in [0, 0.05) is 5.75 Å². The zero-order valence-corrected chi connectivity index (χ0v) is 12.8. The first-order chi connectivity index (χ1) is 9.71. The number of benzene rings is 1. The topological polar surface area (TPSA) is 62.7 Å². The fourth-order valence-electron chi connectivity index (χ4n) is 2.85. The summed E-state index contributed by atoms with van der Waals surface area (Å²) in [5.74, 6) is 1.33. The first kappa shape index (κ1) is 13.9. The van der Waals surface area contributed by atoms with Crippen molar-refractivity contribution in [2.45, 2.75) is 35.6 Å². The molecule has 0 saturated heterocycles. The second-order valence-corrected chi connectivity index (χ2v) is 7.70. The number of hydrogen-bond acceptors (Lipinski definition) is 5. The molecule has 2 N–H and O–H groups in total. The highest BCUT2D eigenvalue weighted by Crippen LogP contribution is 2.37. The van der Waals surface area contributed by atoms with Crippen LogP contribution in [-0.4, -0.2) is 16.3 Å². The van der Waals surface area contributed by atoms with E-state index in [1.165, 1.54) is 4.70 Å². The van der Waals surface area contributed by atoms with Gasteiger partial charge in [0.05, 0.1) is 16.3 Å². The van der Waals surface area contributed by atoms with Crippen molar-refractivity contribution in [3.63, 3.8) is 0 Å². The van der Waals surface area contributed by atoms with E-state index < -0.39 is 5.54 Å². The van der Waals surface area contributed by atoms with E-state index in [1.807, 2.05) is 18.2 Å². The number of rotatable bonds is 4. The maximum absolute atomic E-state index is 9.22. The molecule has 3 rings (SSSR count). The van der Waals surface area contributed by atoms with E-state index >= 15 is 0 Å². The molecule has 2 aromatic rings. The third kappa shape index (κ3) is 2.69. The molecular formula is C15H17N3S2. The average molecular weight is 303 g/mol. The number of fused-ring (bicyclic) bond motifs is 1. The third-order valence-electron chi connectivity index (χ3n) is 4.05. The Bertz CT molecular complexity index is 613. The second-order valence-electron chi connectivity index (χ2n) is 5.33. The molecule has 3 nitrogen and oxygen atoms in total. The summed E-state index contributed by atoms with van der Waals surface area (Å²) in [6.45, 7) is 0. The molecule has 104 valence electrons. The summed E-state index contributed by atoms with van der Waals surface area (Å²) < 4.78 is 2.35. The van der Waals surface area contributed by atoms with E-state index in [4.69, 9.17) is 5.73 Å². The molecule has 5 heteroatoms. The van der Waals surface area contributed by atoms with Gasteiger partial charge in [-0.3, -0.25) is 0 Å². The van der Waals surface area contributed by atoms with Crippen molar-refractivity contribution in [1.82, 2.24) is 4.98 Å². The Morgan fingerprint density at radius 2 is 2.35 bits per heavy atom. The van der Waals surface area contributed by atoms with Gasteiger partial charge in [-0.05, 0) is 37.3 Å². The van der Waals surface area contributed by atoms with Crippen LogP contribution in [0.5, 0.6) is 0 Å². The van der Waals surface area contributed by atoms with Crippen molar-refractivity contribution in [1.29, 1.82) is 5.26 Å². The van der Waals surface area contributed by atoms with Crippen LogP contribution in [0.25, 0.3) is 10.2 Å². The minimum atomic E-state index is -0.589. The number of thioether (sulfide) groups is 1. The van der Waals surface area contributed by atoms with Crippen molar-refractivity contribution < 1.29 is 0 Å². The summed E-state index contributed by atoms with van der Waals surface area (Å²) in [7, 11) is 0. The van der Waals surface area contributed by atoms with Gasteiger partial charge in [-0.15, -0.1) is 11.3 Å². The van der Waals surface area contributed by atoms with E-state index in [2.05, 4.69) is 17.1 Å². The van der Waals surface area contributed by atoms with Gasteiger partial charge >= 0.3 is 0 Å². The minimum absolute atomic E-state index is 0.342. The Kier molecular flexibility index (Phi) is 3.97. The number of nitrogens with two attached hydrogens (primary N) is 1. The minimum Gasteiger partial charge on any atom is -0.313 e. The van der Waals surface area contributed by atoms with Crippen LogP contribution >= 0.6 is 23.1 Å². The predicted octanol–water partition coefficient (Wildman–Crippen LogP) is 3.80. The number of nitriles is 1. The number of hydrogen-bond donors (Lipinski definition) is 1. The van der Waals surface area contributed by atoms with E-state index in [0.717, 1.165) is 41.3 Å². The number of thiazole rings is 1. The van der Waals surface area contributed by atoms with E-state index in [-0.39, 0.29) is 0 Å². The number of nitrogens with zero attached hydrogens (tertiary/aromatic N) is 2. The highest BCUT2D eigenvalue weighted by molar-refractivity contribution is 8.01. The lowest BCUT2D eigenvalue weighted by Gasteiger charge is -2.23. The smallest absolute Gasteiger partial charge is 0.151 e. The molecule has 2 atom stereocenters. The van der Waals surface area contributed by atoms with Gasteiger partial charge in [0.1, 0.15) is 5.54 Å². The monoisotopic (exact) mass is 303 g/mol. The Labute approximate surface area is 127 Å². The van der Waals surface area contributed by atoms with Crippen LogP contribution in [0.4, 0.5) is 0 Å². The summed E-state index contributed by atoms with van der Waals surface area (Å²) in [5.41, 5.74) is 6.65. The van der Waals surface area contributed by atoms with Crippen LogP contribution in [0.2, 0.25) is 0 Å². The molecule has 1 saturated carbocycles. The van der Waals surface area contributed by atoms with Crippen LogP contribution in [0.15, 0.2) is 28.6 Å². The Morgan fingerprint density at radius 1 is 1.50 bits per heavy atom. The Hall–Kier alpha value is -1.09. The molecular weight excluding hydrogens is 286 g/mol. The first-order valence-electron chi connectivity index (χ1n) is 6.90. The standard InChI is InChI=1S/C15H17N3S2/c16-10-15(17)8-3-4-11(15)7-9-19-14-18-12-5-1-2-6-13(12)20-14/h1-2,5-6,11H,3-4,7-9,17H2. The van der Waals surface area contributed by atoms with E-state index in [0.29, 0.717) is 5.92 Å². The molecule has 1 aromatic heterocycles. The van der Waals surface area contributed by atoms with E-state index in [1.54, 1.807) is 23.1 Å². The molecule has 1 aliphatic carbocycles. The van der Waals surface area contributed by atoms with Crippen LogP contribution in [0.3, 0.4) is 0 Å². The maximum atomic E-state index is 9.22. The van der Waals surface area contributed by atoms with Gasteiger partial charge in [0.25, 0.3) is 0 Å². The van der Waals surface area contributed by atoms with Crippen molar-refractivity contribution in [3.8, 4) is 6.07 Å². The zero-order valence-electron chi connectivity index (χ0n) is 11.2. The first-order valence-corrected chi connectivity index (χ1v) is 8.70. The summed E-state index contributed by atoms with van der Waals surface area (Å²) in [5, 5.41) is 9.22. The third-order valence-corrected chi connectivity index (χ3v) is 6.26. The lowest BCUT2D eigenvalue weighted by atomic mass is 9.88. The second kappa shape index (κ2) is 5.72. The molecule has 2 unspecified atom stereocenters. The van der Waals surface area contributed by atoms with Gasteiger partial charge < -0.3 is 5.73 Å². The van der Waals surface area contributed by atoms with E-state index in [9.17, 15) is 5.26 Å². The lowest BCUT2D eigenvalue weighted by Crippen LogP contribution is -2.41. The lowest BCUT2D eigenvalue weighted by molar-refractivity contribution is 0.389. The molecule has 20 heavy (non-hydrogen) atoms. The summed E-state index contributed by atoms with van der Waals surface area (Å²) in [4.78, 5) is 4.62. The summed E-state index contributed by atoms with van der Waals surface area (Å²) >= 11 is 3.53. The Morgan fingerprint density at radius 3 is 3.15 bits per heavy atom. The molecule has 1 aromatic carbocycles. The van der Waals surface area contributed by atoms with Gasteiger partial charge in [0.15, 0.2) is 4.34 Å². The summed E-state index contributed by atoms with van der Waals surface area (Å²) in [6.07, 6.45) is 4.02. The molecule has 0 aliphatic heterocycles. The van der Waals surface area contributed by atoms with Crippen molar-refractivity contribution in [2.24, 2.45) is 11.7 Å². The highest BCUT2D eigenvalue weighted by Gasteiger charge is 2.39. The number of para-hydroxylation sites is 1. The molecule has 0 amide bonds. The predicted molar refractivity (Wildman–Crippen MR) is 84.8 cm³/mol. The van der Waals surface area contributed by atoms with Gasteiger partial charge in [-0.2, -0.15) is 5.26 Å². The van der Waals surface area contributed by atoms with Crippen LogP contribution in [-0.2, 0) is 0 Å². The average Bonchev–Trinajstić information content (AvgIpc) is 3.03. The Balaban J connectivity index is 1.59. The largest absolute Gasteiger partial charge is 0.313 e. The molecule has 1 aliphatic rings. The molecule has 0 radical (unpaired) electrons. The molecule has 0 spiro atoms. The van der Waals surface area contributed by atoms with Gasteiger partial charge in [-0.25, -0.2) is 4.98 Å². The highest BCUT2D eigenvalue weighted by atomic mass is 32.2. The van der Waals surface area contributed by atoms with Crippen molar-refractivity contribution in [2.75, 3.05) is 5.75 Å². The molecule has 1 fully saturated rings.